The highest BCUT2D eigenvalue weighted by Gasteiger charge is 2.23. The van der Waals surface area contributed by atoms with Crippen LogP contribution in [0.2, 0.25) is 0 Å². The van der Waals surface area contributed by atoms with Crippen molar-refractivity contribution < 1.29 is 8.42 Å². The molecule has 1 saturated carbocycles. The van der Waals surface area contributed by atoms with Gasteiger partial charge in [0.05, 0.1) is 11.4 Å². The van der Waals surface area contributed by atoms with Crippen LogP contribution in [0.1, 0.15) is 43.2 Å². The van der Waals surface area contributed by atoms with E-state index in [2.05, 4.69) is 19.2 Å². The molecule has 5 nitrogen and oxygen atoms in total. The van der Waals surface area contributed by atoms with Gasteiger partial charge in [0.25, 0.3) is 0 Å². The first-order valence-electron chi connectivity index (χ1n) is 7.38. The second-order valence-corrected chi connectivity index (χ2v) is 9.49. The van der Waals surface area contributed by atoms with E-state index >= 15 is 0 Å². The van der Waals surface area contributed by atoms with Gasteiger partial charge in [-0.25, -0.2) is 13.4 Å². The number of aromatic nitrogens is 1. The molecular weight excluding hydrogens is 306 g/mol. The summed E-state index contributed by atoms with van der Waals surface area (Å²) in [5.74, 6) is 0.546. The van der Waals surface area contributed by atoms with Crippen LogP contribution in [0.5, 0.6) is 0 Å². The minimum absolute atomic E-state index is 0.162. The number of anilines is 1. The molecule has 1 aromatic heterocycles. The third-order valence-electron chi connectivity index (χ3n) is 3.52. The van der Waals surface area contributed by atoms with Crippen molar-refractivity contribution >= 4 is 26.3 Å². The first-order chi connectivity index (χ1) is 9.76. The number of sulfone groups is 1. The van der Waals surface area contributed by atoms with Crippen molar-refractivity contribution in [1.82, 2.24) is 10.3 Å². The SMILES string of the molecule is CC(C)c1nc(N(C)CCS(C)(=O)=O)sc1CNC1CC1. The number of thiazole rings is 1. The topological polar surface area (TPSA) is 62.3 Å². The van der Waals surface area contributed by atoms with E-state index in [0.717, 1.165) is 17.4 Å². The van der Waals surface area contributed by atoms with Gasteiger partial charge in [-0.15, -0.1) is 11.3 Å². The molecule has 0 bridgehead atoms. The maximum atomic E-state index is 11.3. The zero-order valence-electron chi connectivity index (χ0n) is 13.2. The average molecular weight is 332 g/mol. The normalized spacial score (nSPS) is 15.7. The standard InChI is InChI=1S/C14H25N3O2S2/c1-10(2)13-12(9-15-11-5-6-11)20-14(16-13)17(3)7-8-21(4,18)19/h10-11,15H,5-9H2,1-4H3. The molecule has 1 aromatic rings. The second kappa shape index (κ2) is 6.62. The largest absolute Gasteiger partial charge is 0.350 e. The fraction of sp³-hybridized carbons (Fsp3) is 0.786. The van der Waals surface area contributed by atoms with E-state index < -0.39 is 9.84 Å². The Morgan fingerprint density at radius 2 is 2.10 bits per heavy atom. The van der Waals surface area contributed by atoms with E-state index in [-0.39, 0.29) is 5.75 Å². The van der Waals surface area contributed by atoms with Gasteiger partial charge < -0.3 is 10.2 Å². The monoisotopic (exact) mass is 331 g/mol. The van der Waals surface area contributed by atoms with Gasteiger partial charge in [-0.3, -0.25) is 0 Å². The van der Waals surface area contributed by atoms with Gasteiger partial charge in [0, 0.05) is 37.3 Å². The molecule has 0 amide bonds. The summed E-state index contributed by atoms with van der Waals surface area (Å²) in [5, 5.41) is 4.44. The van der Waals surface area contributed by atoms with E-state index in [1.165, 1.54) is 24.0 Å². The maximum Gasteiger partial charge on any atom is 0.185 e. The summed E-state index contributed by atoms with van der Waals surface area (Å²) in [6, 6.07) is 0.679. The van der Waals surface area contributed by atoms with Crippen molar-refractivity contribution in [1.29, 1.82) is 0 Å². The second-order valence-electron chi connectivity index (χ2n) is 6.17. The summed E-state index contributed by atoms with van der Waals surface area (Å²) >= 11 is 1.67. The highest BCUT2D eigenvalue weighted by molar-refractivity contribution is 7.90. The van der Waals surface area contributed by atoms with Crippen molar-refractivity contribution in [2.75, 3.05) is 30.5 Å². The summed E-state index contributed by atoms with van der Waals surface area (Å²) < 4.78 is 22.6. The molecule has 1 heterocycles. The van der Waals surface area contributed by atoms with Gasteiger partial charge in [-0.05, 0) is 18.8 Å². The Morgan fingerprint density at radius 3 is 2.62 bits per heavy atom. The van der Waals surface area contributed by atoms with Crippen LogP contribution in [0.25, 0.3) is 0 Å². The lowest BCUT2D eigenvalue weighted by Crippen LogP contribution is -2.24. The Labute approximate surface area is 131 Å². The Morgan fingerprint density at radius 1 is 1.43 bits per heavy atom. The molecule has 0 radical (unpaired) electrons. The van der Waals surface area contributed by atoms with Crippen LogP contribution in [0, 0.1) is 0 Å². The highest BCUT2D eigenvalue weighted by Crippen LogP contribution is 2.31. The van der Waals surface area contributed by atoms with Crippen LogP contribution in [0.4, 0.5) is 5.13 Å². The molecule has 0 saturated heterocycles. The highest BCUT2D eigenvalue weighted by atomic mass is 32.2. The number of hydrogen-bond donors (Lipinski definition) is 1. The van der Waals surface area contributed by atoms with Crippen LogP contribution >= 0.6 is 11.3 Å². The average Bonchev–Trinajstić information content (AvgIpc) is 3.10. The minimum atomic E-state index is -2.94. The molecule has 21 heavy (non-hydrogen) atoms. The molecule has 1 N–H and O–H groups in total. The third kappa shape index (κ3) is 5.23. The molecule has 1 fully saturated rings. The van der Waals surface area contributed by atoms with E-state index in [1.54, 1.807) is 11.3 Å². The van der Waals surface area contributed by atoms with E-state index in [4.69, 9.17) is 4.98 Å². The van der Waals surface area contributed by atoms with E-state index in [0.29, 0.717) is 18.5 Å². The van der Waals surface area contributed by atoms with Crippen LogP contribution in [0.3, 0.4) is 0 Å². The van der Waals surface area contributed by atoms with E-state index in [1.807, 2.05) is 11.9 Å². The zero-order valence-corrected chi connectivity index (χ0v) is 14.9. The molecule has 120 valence electrons. The van der Waals surface area contributed by atoms with Gasteiger partial charge >= 0.3 is 0 Å². The van der Waals surface area contributed by atoms with Crippen molar-refractivity contribution in [3.8, 4) is 0 Å². The molecule has 0 spiro atoms. The lowest BCUT2D eigenvalue weighted by Gasteiger charge is -2.14. The quantitative estimate of drug-likeness (QED) is 0.789. The first kappa shape index (κ1) is 16.7. The molecule has 1 aliphatic carbocycles. The van der Waals surface area contributed by atoms with Crippen molar-refractivity contribution in [2.24, 2.45) is 0 Å². The molecule has 2 rings (SSSR count). The van der Waals surface area contributed by atoms with Crippen LogP contribution in [0.15, 0.2) is 0 Å². The summed E-state index contributed by atoms with van der Waals surface area (Å²) in [6.07, 6.45) is 3.82. The summed E-state index contributed by atoms with van der Waals surface area (Å²) in [6.45, 7) is 5.65. The Hall–Kier alpha value is -0.660. The predicted octanol–water partition coefficient (Wildman–Crippen LogP) is 2.00. The maximum absolute atomic E-state index is 11.3. The van der Waals surface area contributed by atoms with Crippen LogP contribution in [-0.2, 0) is 16.4 Å². The summed E-state index contributed by atoms with van der Waals surface area (Å²) in [5.41, 5.74) is 1.13. The molecule has 0 aliphatic heterocycles. The fourth-order valence-corrected chi connectivity index (χ4v) is 3.77. The van der Waals surface area contributed by atoms with Crippen molar-refractivity contribution in [2.45, 2.75) is 45.2 Å². The van der Waals surface area contributed by atoms with Crippen molar-refractivity contribution in [3.05, 3.63) is 10.6 Å². The smallest absolute Gasteiger partial charge is 0.185 e. The predicted molar refractivity (Wildman–Crippen MR) is 89.0 cm³/mol. The van der Waals surface area contributed by atoms with E-state index in [9.17, 15) is 8.42 Å². The molecule has 0 aromatic carbocycles. The van der Waals surface area contributed by atoms with Gasteiger partial charge in [-0.1, -0.05) is 13.8 Å². The van der Waals surface area contributed by atoms with Gasteiger partial charge in [0.1, 0.15) is 9.84 Å². The Kier molecular flexibility index (Phi) is 5.27. The number of hydrogen-bond acceptors (Lipinski definition) is 6. The number of nitrogens with zero attached hydrogens (tertiary/aromatic N) is 2. The number of rotatable bonds is 8. The third-order valence-corrected chi connectivity index (χ3v) is 5.63. The number of nitrogens with one attached hydrogen (secondary N) is 1. The molecule has 7 heteroatoms. The Bertz CT molecular complexity index is 577. The fourth-order valence-electron chi connectivity index (χ4n) is 2.01. The Balaban J connectivity index is 2.05. The van der Waals surface area contributed by atoms with Crippen LogP contribution in [-0.4, -0.2) is 45.0 Å². The first-order valence-corrected chi connectivity index (χ1v) is 10.3. The summed E-state index contributed by atoms with van der Waals surface area (Å²) in [4.78, 5) is 7.94. The minimum Gasteiger partial charge on any atom is -0.350 e. The molecular formula is C14H25N3O2S2. The lowest BCUT2D eigenvalue weighted by atomic mass is 10.1. The molecule has 1 aliphatic rings. The van der Waals surface area contributed by atoms with Gasteiger partial charge in [0.15, 0.2) is 5.13 Å². The lowest BCUT2D eigenvalue weighted by molar-refractivity contribution is 0.601. The van der Waals surface area contributed by atoms with Gasteiger partial charge in [0.2, 0.25) is 0 Å². The zero-order chi connectivity index (χ0) is 15.6. The van der Waals surface area contributed by atoms with Gasteiger partial charge in [-0.2, -0.15) is 0 Å². The molecule has 0 unspecified atom stereocenters. The summed E-state index contributed by atoms with van der Waals surface area (Å²) in [7, 11) is -1.03. The molecule has 0 atom stereocenters. The van der Waals surface area contributed by atoms with Crippen molar-refractivity contribution in [3.63, 3.8) is 0 Å². The van der Waals surface area contributed by atoms with Crippen LogP contribution < -0.4 is 10.2 Å².